The number of rotatable bonds is 4. The van der Waals surface area contributed by atoms with Crippen molar-refractivity contribution in [1.29, 1.82) is 0 Å². The summed E-state index contributed by atoms with van der Waals surface area (Å²) in [5.41, 5.74) is 8.15. The second-order valence-corrected chi connectivity index (χ2v) is 4.43. The second kappa shape index (κ2) is 5.11. The molecular weight excluding hydrogens is 210 g/mol. The lowest BCUT2D eigenvalue weighted by Crippen LogP contribution is -2.11. The van der Waals surface area contributed by atoms with Crippen LogP contribution in [-0.4, -0.2) is 21.6 Å². The molecule has 1 heterocycles. The van der Waals surface area contributed by atoms with Gasteiger partial charge in [-0.05, 0) is 26.3 Å². The van der Waals surface area contributed by atoms with E-state index in [1.165, 1.54) is 11.8 Å². The first-order valence-electron chi connectivity index (χ1n) is 4.73. The number of nitrogens with zero attached hydrogens (tertiary/aromatic N) is 2. The highest BCUT2D eigenvalue weighted by atomic mass is 32.2. The van der Waals surface area contributed by atoms with Gasteiger partial charge in [0.15, 0.2) is 5.16 Å². The highest BCUT2D eigenvalue weighted by Gasteiger charge is 2.05. The minimum Gasteiger partial charge on any atom is -0.370 e. The van der Waals surface area contributed by atoms with Gasteiger partial charge in [-0.1, -0.05) is 11.8 Å². The van der Waals surface area contributed by atoms with Crippen molar-refractivity contribution in [2.75, 3.05) is 5.75 Å². The quantitative estimate of drug-likeness (QED) is 0.620. The molecule has 5 heteroatoms. The number of primary amides is 1. The second-order valence-electron chi connectivity index (χ2n) is 3.37. The van der Waals surface area contributed by atoms with E-state index < -0.39 is 0 Å². The lowest BCUT2D eigenvalue weighted by molar-refractivity contribution is -0.117. The molecule has 1 aromatic heterocycles. The molecular formula is C10H15N3OS. The fourth-order valence-corrected chi connectivity index (χ4v) is 1.94. The number of carbonyl (C=O) groups excluding carboxylic acids is 1. The summed E-state index contributed by atoms with van der Waals surface area (Å²) in [6.45, 7) is 5.92. The predicted octanol–water partition coefficient (Wildman–Crippen LogP) is 1.37. The lowest BCUT2D eigenvalue weighted by atomic mass is 10.2. The Labute approximate surface area is 93.7 Å². The van der Waals surface area contributed by atoms with Crippen molar-refractivity contribution in [3.05, 3.63) is 17.0 Å². The van der Waals surface area contributed by atoms with E-state index in [-0.39, 0.29) is 5.91 Å². The van der Waals surface area contributed by atoms with Crippen LogP contribution in [0.25, 0.3) is 0 Å². The van der Waals surface area contributed by atoms with Crippen LogP contribution in [0.5, 0.6) is 0 Å². The molecule has 1 amide bonds. The Hall–Kier alpha value is -1.10. The van der Waals surface area contributed by atoms with Gasteiger partial charge < -0.3 is 5.73 Å². The van der Waals surface area contributed by atoms with Gasteiger partial charge in [0.1, 0.15) is 0 Å². The summed E-state index contributed by atoms with van der Waals surface area (Å²) in [7, 11) is 0. The molecule has 0 aliphatic carbocycles. The normalized spacial score (nSPS) is 10.3. The van der Waals surface area contributed by atoms with E-state index in [0.29, 0.717) is 12.2 Å². The van der Waals surface area contributed by atoms with E-state index in [4.69, 9.17) is 5.73 Å². The highest BCUT2D eigenvalue weighted by molar-refractivity contribution is 7.99. The van der Waals surface area contributed by atoms with Crippen LogP contribution in [0, 0.1) is 20.8 Å². The largest absolute Gasteiger partial charge is 0.370 e. The van der Waals surface area contributed by atoms with Crippen LogP contribution in [0.3, 0.4) is 0 Å². The molecule has 0 radical (unpaired) electrons. The smallest absolute Gasteiger partial charge is 0.218 e. The molecule has 0 saturated carbocycles. The van der Waals surface area contributed by atoms with Crippen LogP contribution in [0.2, 0.25) is 0 Å². The number of nitrogens with two attached hydrogens (primary N) is 1. The van der Waals surface area contributed by atoms with Gasteiger partial charge >= 0.3 is 0 Å². The standard InChI is InChI=1S/C10H15N3OS/c1-6-7(2)12-10(13-8(6)3)15-5-4-9(11)14/h4-5H2,1-3H3,(H2,11,14). The molecule has 1 rings (SSSR count). The molecule has 0 atom stereocenters. The molecule has 0 aliphatic rings. The molecule has 0 aromatic carbocycles. The molecule has 82 valence electrons. The van der Waals surface area contributed by atoms with Crippen LogP contribution in [0.1, 0.15) is 23.4 Å². The van der Waals surface area contributed by atoms with Gasteiger partial charge in [0.25, 0.3) is 0 Å². The van der Waals surface area contributed by atoms with Crippen LogP contribution < -0.4 is 5.73 Å². The van der Waals surface area contributed by atoms with Crippen molar-refractivity contribution in [1.82, 2.24) is 9.97 Å². The van der Waals surface area contributed by atoms with Gasteiger partial charge in [-0.3, -0.25) is 4.79 Å². The van der Waals surface area contributed by atoms with Crippen molar-refractivity contribution in [3.8, 4) is 0 Å². The third-order valence-corrected chi connectivity index (χ3v) is 3.04. The summed E-state index contributed by atoms with van der Waals surface area (Å²) in [5, 5.41) is 0.719. The average molecular weight is 225 g/mol. The van der Waals surface area contributed by atoms with E-state index in [1.807, 2.05) is 20.8 Å². The van der Waals surface area contributed by atoms with Crippen molar-refractivity contribution >= 4 is 17.7 Å². The number of hydrogen-bond acceptors (Lipinski definition) is 4. The first kappa shape index (κ1) is 12.0. The van der Waals surface area contributed by atoms with Gasteiger partial charge in [0, 0.05) is 23.6 Å². The Morgan fingerprint density at radius 1 is 1.27 bits per heavy atom. The van der Waals surface area contributed by atoms with Crippen molar-refractivity contribution in [3.63, 3.8) is 0 Å². The number of hydrogen-bond donors (Lipinski definition) is 1. The Balaban J connectivity index is 2.66. The molecule has 0 unspecified atom stereocenters. The summed E-state index contributed by atoms with van der Waals surface area (Å²) in [6, 6.07) is 0. The van der Waals surface area contributed by atoms with Crippen molar-refractivity contribution in [2.45, 2.75) is 32.3 Å². The molecule has 0 spiro atoms. The van der Waals surface area contributed by atoms with Gasteiger partial charge in [-0.25, -0.2) is 9.97 Å². The highest BCUT2D eigenvalue weighted by Crippen LogP contribution is 2.17. The lowest BCUT2D eigenvalue weighted by Gasteiger charge is -2.05. The Bertz CT molecular complexity index is 356. The van der Waals surface area contributed by atoms with Gasteiger partial charge in [-0.15, -0.1) is 0 Å². The Kier molecular flexibility index (Phi) is 4.08. The maximum atomic E-state index is 10.5. The summed E-state index contributed by atoms with van der Waals surface area (Å²) in [6.07, 6.45) is 0.361. The van der Waals surface area contributed by atoms with Gasteiger partial charge in [0.05, 0.1) is 0 Å². The molecule has 4 nitrogen and oxygen atoms in total. The molecule has 0 aliphatic heterocycles. The summed E-state index contributed by atoms with van der Waals surface area (Å²) < 4.78 is 0. The first-order valence-corrected chi connectivity index (χ1v) is 5.72. The van der Waals surface area contributed by atoms with E-state index in [2.05, 4.69) is 9.97 Å². The van der Waals surface area contributed by atoms with Crippen LogP contribution in [-0.2, 0) is 4.79 Å². The average Bonchev–Trinajstić information content (AvgIpc) is 2.13. The predicted molar refractivity (Wildman–Crippen MR) is 60.8 cm³/mol. The molecule has 0 bridgehead atoms. The van der Waals surface area contributed by atoms with Crippen LogP contribution in [0.4, 0.5) is 0 Å². The molecule has 0 fully saturated rings. The topological polar surface area (TPSA) is 68.9 Å². The van der Waals surface area contributed by atoms with Gasteiger partial charge in [-0.2, -0.15) is 0 Å². The number of amides is 1. The number of aromatic nitrogens is 2. The molecule has 15 heavy (non-hydrogen) atoms. The van der Waals surface area contributed by atoms with Crippen molar-refractivity contribution < 1.29 is 4.79 Å². The number of thioether (sulfide) groups is 1. The van der Waals surface area contributed by atoms with Crippen LogP contribution in [0.15, 0.2) is 5.16 Å². The van der Waals surface area contributed by atoms with E-state index in [0.717, 1.165) is 22.1 Å². The third kappa shape index (κ3) is 3.51. The molecule has 0 saturated heterocycles. The minimum atomic E-state index is -0.289. The van der Waals surface area contributed by atoms with Crippen molar-refractivity contribution in [2.24, 2.45) is 5.73 Å². The fourth-order valence-electron chi connectivity index (χ4n) is 1.05. The maximum absolute atomic E-state index is 10.5. The summed E-state index contributed by atoms with van der Waals surface area (Å²) in [5.74, 6) is 0.347. The number of aryl methyl sites for hydroxylation is 2. The minimum absolute atomic E-state index is 0.289. The van der Waals surface area contributed by atoms with Gasteiger partial charge in [0.2, 0.25) is 5.91 Å². The molecule has 1 aromatic rings. The maximum Gasteiger partial charge on any atom is 0.218 e. The summed E-state index contributed by atoms with van der Waals surface area (Å²) in [4.78, 5) is 19.2. The first-order chi connectivity index (χ1) is 7.00. The summed E-state index contributed by atoms with van der Waals surface area (Å²) >= 11 is 1.46. The number of carbonyl (C=O) groups is 1. The molecule has 2 N–H and O–H groups in total. The Morgan fingerprint density at radius 2 is 1.80 bits per heavy atom. The zero-order valence-electron chi connectivity index (χ0n) is 9.20. The Morgan fingerprint density at radius 3 is 2.27 bits per heavy atom. The fraction of sp³-hybridized carbons (Fsp3) is 0.500. The monoisotopic (exact) mass is 225 g/mol. The van der Waals surface area contributed by atoms with Crippen LogP contribution >= 0.6 is 11.8 Å². The SMILES string of the molecule is Cc1nc(SCCC(N)=O)nc(C)c1C. The van der Waals surface area contributed by atoms with E-state index in [1.54, 1.807) is 0 Å². The zero-order valence-corrected chi connectivity index (χ0v) is 10.0. The van der Waals surface area contributed by atoms with E-state index in [9.17, 15) is 4.79 Å². The third-order valence-electron chi connectivity index (χ3n) is 2.19. The van der Waals surface area contributed by atoms with E-state index >= 15 is 0 Å². The zero-order chi connectivity index (χ0) is 11.4.